The van der Waals surface area contributed by atoms with Gasteiger partial charge in [0.05, 0.1) is 0 Å². The molecule has 0 fully saturated rings. The predicted molar refractivity (Wildman–Crippen MR) is 25.0 cm³/mol. The van der Waals surface area contributed by atoms with Gasteiger partial charge < -0.3 is 0 Å². The lowest BCUT2D eigenvalue weighted by atomic mass is 10.3. The maximum atomic E-state index is 10.1. The quantitative estimate of drug-likeness (QED) is 0.451. The molecule has 1 nitrogen and oxygen atoms in total. The molecule has 0 rings (SSSR count). The van der Waals surface area contributed by atoms with Gasteiger partial charge in [-0.2, -0.15) is 0 Å². The van der Waals surface area contributed by atoms with Gasteiger partial charge in [-0.3, -0.25) is 0 Å². The number of rotatable bonds is 2. The Morgan fingerprint density at radius 3 is 2.50 bits per heavy atom. The molecule has 1 radical (unpaired) electrons. The Morgan fingerprint density at radius 2 is 2.50 bits per heavy atom. The molecule has 0 heterocycles. The van der Waals surface area contributed by atoms with Crippen LogP contribution in [0.1, 0.15) is 13.3 Å². The van der Waals surface area contributed by atoms with Gasteiger partial charge in [0, 0.05) is 0 Å². The molecule has 0 saturated heterocycles. The van der Waals surface area contributed by atoms with Crippen LogP contribution < -0.4 is 0 Å². The third-order valence-corrected chi connectivity index (χ3v) is 0.665. The summed E-state index contributed by atoms with van der Waals surface area (Å²) in [6.07, 6.45) is 1.52. The summed E-state index contributed by atoms with van der Waals surface area (Å²) in [4.78, 5) is 0. The van der Waals surface area contributed by atoms with Gasteiger partial charge in [0.1, 0.15) is 6.10 Å². The van der Waals surface area contributed by atoms with Crippen molar-refractivity contribution in [1.29, 1.82) is 0 Å². The summed E-state index contributed by atoms with van der Waals surface area (Å²) in [5, 5.41) is 10.1. The number of hydrogen-bond donors (Lipinski definition) is 0. The average molecular weight is 85.1 g/mol. The Kier molecular flexibility index (Phi) is 2.77. The van der Waals surface area contributed by atoms with Crippen LogP contribution in [0.2, 0.25) is 0 Å². The van der Waals surface area contributed by atoms with Crippen molar-refractivity contribution < 1.29 is 5.11 Å². The molecule has 1 heteroatoms. The molecule has 6 heavy (non-hydrogen) atoms. The zero-order valence-corrected chi connectivity index (χ0v) is 3.98. The van der Waals surface area contributed by atoms with Crippen LogP contribution in [-0.4, -0.2) is 6.10 Å². The van der Waals surface area contributed by atoms with Gasteiger partial charge in [0.2, 0.25) is 0 Å². The molecular formula is C5H9O. The molecule has 0 aliphatic heterocycles. The summed E-state index contributed by atoms with van der Waals surface area (Å²) >= 11 is 0. The molecule has 0 aromatic heterocycles. The predicted octanol–water partition coefficient (Wildman–Crippen LogP) is 1.38. The molecule has 0 bridgehead atoms. The van der Waals surface area contributed by atoms with Crippen molar-refractivity contribution in [2.24, 2.45) is 0 Å². The maximum absolute atomic E-state index is 10.1. The first-order valence-corrected chi connectivity index (χ1v) is 2.09. The minimum absolute atomic E-state index is 0.551. The first-order chi connectivity index (χ1) is 2.81. The van der Waals surface area contributed by atoms with E-state index in [2.05, 4.69) is 6.58 Å². The van der Waals surface area contributed by atoms with Crippen molar-refractivity contribution in [2.45, 2.75) is 19.4 Å². The Bertz CT molecular complexity index is 41.2. The van der Waals surface area contributed by atoms with Crippen LogP contribution in [0.4, 0.5) is 0 Å². The molecular weight excluding hydrogens is 76.1 g/mol. The van der Waals surface area contributed by atoms with Gasteiger partial charge in [-0.1, -0.05) is 13.0 Å². The molecule has 35 valence electrons. The fraction of sp³-hybridized carbons (Fsp3) is 0.600. The Morgan fingerprint density at radius 1 is 2.00 bits per heavy atom. The minimum Gasteiger partial charge on any atom is -0.229 e. The van der Waals surface area contributed by atoms with Crippen LogP contribution in [-0.2, 0) is 5.11 Å². The van der Waals surface area contributed by atoms with Crippen molar-refractivity contribution in [1.82, 2.24) is 0 Å². The highest BCUT2D eigenvalue weighted by Gasteiger charge is 1.89. The summed E-state index contributed by atoms with van der Waals surface area (Å²) < 4.78 is 0. The van der Waals surface area contributed by atoms with Gasteiger partial charge in [0.15, 0.2) is 0 Å². The van der Waals surface area contributed by atoms with Crippen LogP contribution >= 0.6 is 0 Å². The van der Waals surface area contributed by atoms with Crippen molar-refractivity contribution in [3.63, 3.8) is 0 Å². The SMILES string of the molecule is C=CC([O])CC. The van der Waals surface area contributed by atoms with E-state index in [0.717, 1.165) is 0 Å². The van der Waals surface area contributed by atoms with E-state index in [1.165, 1.54) is 6.08 Å². The van der Waals surface area contributed by atoms with E-state index < -0.39 is 6.10 Å². The average Bonchev–Trinajstić information content (AvgIpc) is 1.65. The van der Waals surface area contributed by atoms with Crippen LogP contribution in [0.15, 0.2) is 12.7 Å². The molecule has 0 N–H and O–H groups in total. The summed E-state index contributed by atoms with van der Waals surface area (Å²) in [6, 6.07) is 0. The highest BCUT2D eigenvalue weighted by Crippen LogP contribution is 1.87. The fourth-order valence-corrected chi connectivity index (χ4v) is 0.167. The first kappa shape index (κ1) is 5.70. The van der Waals surface area contributed by atoms with Crippen molar-refractivity contribution in [2.75, 3.05) is 0 Å². The number of hydrogen-bond acceptors (Lipinski definition) is 0. The van der Waals surface area contributed by atoms with E-state index in [4.69, 9.17) is 0 Å². The zero-order chi connectivity index (χ0) is 4.99. The first-order valence-electron chi connectivity index (χ1n) is 2.09. The van der Waals surface area contributed by atoms with Gasteiger partial charge >= 0.3 is 0 Å². The summed E-state index contributed by atoms with van der Waals surface area (Å²) in [5.41, 5.74) is 0. The Labute approximate surface area is 38.3 Å². The molecule has 1 unspecified atom stereocenters. The standard InChI is InChI=1S/C5H9O/c1-3-5(6)4-2/h3,5H,1,4H2,2H3. The van der Waals surface area contributed by atoms with Gasteiger partial charge in [-0.25, -0.2) is 5.11 Å². The van der Waals surface area contributed by atoms with Crippen molar-refractivity contribution in [3.8, 4) is 0 Å². The van der Waals surface area contributed by atoms with E-state index in [1.54, 1.807) is 0 Å². The summed E-state index contributed by atoms with van der Waals surface area (Å²) in [5.74, 6) is 0. The Hall–Kier alpha value is -0.300. The van der Waals surface area contributed by atoms with E-state index >= 15 is 0 Å². The molecule has 0 aromatic carbocycles. The van der Waals surface area contributed by atoms with Gasteiger partial charge in [-0.05, 0) is 6.42 Å². The lowest BCUT2D eigenvalue weighted by molar-refractivity contribution is 0.127. The third-order valence-electron chi connectivity index (χ3n) is 0.665. The Balaban J connectivity index is 2.96. The molecule has 1 atom stereocenters. The molecule has 0 aliphatic rings. The van der Waals surface area contributed by atoms with Crippen LogP contribution in [0.25, 0.3) is 0 Å². The molecule has 0 aromatic rings. The van der Waals surface area contributed by atoms with Crippen LogP contribution in [0.5, 0.6) is 0 Å². The maximum Gasteiger partial charge on any atom is 0.111 e. The highest BCUT2D eigenvalue weighted by molar-refractivity contribution is 4.75. The van der Waals surface area contributed by atoms with E-state index in [0.29, 0.717) is 6.42 Å². The highest BCUT2D eigenvalue weighted by atomic mass is 16.3. The normalized spacial score (nSPS) is 13.7. The second-order valence-corrected chi connectivity index (χ2v) is 1.18. The smallest absolute Gasteiger partial charge is 0.111 e. The zero-order valence-electron chi connectivity index (χ0n) is 3.98. The molecule has 0 amide bonds. The molecule has 0 aliphatic carbocycles. The van der Waals surface area contributed by atoms with Crippen LogP contribution in [0.3, 0.4) is 0 Å². The molecule has 0 saturated carbocycles. The fourth-order valence-electron chi connectivity index (χ4n) is 0.167. The minimum atomic E-state index is -0.551. The summed E-state index contributed by atoms with van der Waals surface area (Å²) in [7, 11) is 0. The third kappa shape index (κ3) is 1.97. The van der Waals surface area contributed by atoms with E-state index in [1.807, 2.05) is 6.92 Å². The van der Waals surface area contributed by atoms with E-state index in [-0.39, 0.29) is 0 Å². The second kappa shape index (κ2) is 2.91. The van der Waals surface area contributed by atoms with E-state index in [9.17, 15) is 5.11 Å². The monoisotopic (exact) mass is 85.1 g/mol. The van der Waals surface area contributed by atoms with Gasteiger partial charge in [0.25, 0.3) is 0 Å². The van der Waals surface area contributed by atoms with Crippen LogP contribution in [0, 0.1) is 0 Å². The largest absolute Gasteiger partial charge is 0.229 e. The van der Waals surface area contributed by atoms with Crippen molar-refractivity contribution in [3.05, 3.63) is 12.7 Å². The molecule has 0 spiro atoms. The lowest BCUT2D eigenvalue weighted by Crippen LogP contribution is -1.93. The van der Waals surface area contributed by atoms with Gasteiger partial charge in [-0.15, -0.1) is 6.58 Å². The second-order valence-electron chi connectivity index (χ2n) is 1.18. The van der Waals surface area contributed by atoms with Crippen molar-refractivity contribution >= 4 is 0 Å². The topological polar surface area (TPSA) is 19.9 Å². The summed E-state index contributed by atoms with van der Waals surface area (Å²) in [6.45, 7) is 5.17. The lowest BCUT2D eigenvalue weighted by Gasteiger charge is -1.89.